The smallest absolute Gasteiger partial charge is 0.194 e. The number of guanidine groups is 1. The highest BCUT2D eigenvalue weighted by Crippen LogP contribution is 2.24. The van der Waals surface area contributed by atoms with Crippen molar-refractivity contribution in [1.29, 1.82) is 0 Å². The largest absolute Gasteiger partial charge is 0.373 e. The zero-order valence-electron chi connectivity index (χ0n) is 17.1. The number of hydrogen-bond donors (Lipinski definition) is 1. The SMILES string of the molecule is CN=C(NCc1ncccc1C)N1CC2OCCN(Cc3ccccc3)C2C1.I. The van der Waals surface area contributed by atoms with Gasteiger partial charge in [0.15, 0.2) is 5.96 Å². The Hall–Kier alpha value is -1.71. The Labute approximate surface area is 190 Å². The first-order valence-electron chi connectivity index (χ1n) is 10.0. The Balaban J connectivity index is 0.00000240. The van der Waals surface area contributed by atoms with Crippen molar-refractivity contribution in [2.24, 2.45) is 4.99 Å². The number of ether oxygens (including phenoxy) is 1. The van der Waals surface area contributed by atoms with E-state index in [0.29, 0.717) is 12.6 Å². The maximum atomic E-state index is 6.10. The molecule has 2 saturated heterocycles. The van der Waals surface area contributed by atoms with Gasteiger partial charge >= 0.3 is 0 Å². The lowest BCUT2D eigenvalue weighted by molar-refractivity contribution is -0.0502. The Kier molecular flexibility index (Phi) is 7.85. The number of nitrogens with one attached hydrogen (secondary N) is 1. The molecule has 0 radical (unpaired) electrons. The Morgan fingerprint density at radius 1 is 1.21 bits per heavy atom. The van der Waals surface area contributed by atoms with Gasteiger partial charge in [-0.05, 0) is 24.1 Å². The summed E-state index contributed by atoms with van der Waals surface area (Å²) >= 11 is 0. The molecular weight excluding hydrogens is 477 g/mol. The summed E-state index contributed by atoms with van der Waals surface area (Å²) in [7, 11) is 1.85. The van der Waals surface area contributed by atoms with E-state index in [2.05, 4.69) is 68.4 Å². The van der Waals surface area contributed by atoms with E-state index in [1.807, 2.05) is 19.3 Å². The fourth-order valence-corrected chi connectivity index (χ4v) is 4.14. The van der Waals surface area contributed by atoms with Gasteiger partial charge in [0.1, 0.15) is 0 Å². The molecule has 7 heteroatoms. The minimum Gasteiger partial charge on any atom is -0.373 e. The molecule has 3 heterocycles. The van der Waals surface area contributed by atoms with Gasteiger partial charge in [-0.15, -0.1) is 24.0 Å². The summed E-state index contributed by atoms with van der Waals surface area (Å²) in [6.45, 7) is 7.31. The van der Waals surface area contributed by atoms with Crippen LogP contribution >= 0.6 is 24.0 Å². The van der Waals surface area contributed by atoms with Crippen molar-refractivity contribution in [2.45, 2.75) is 32.2 Å². The maximum Gasteiger partial charge on any atom is 0.194 e. The number of pyridine rings is 1. The number of aliphatic imine (C=N–C) groups is 1. The fourth-order valence-electron chi connectivity index (χ4n) is 4.14. The first kappa shape index (κ1) is 22.0. The predicted molar refractivity (Wildman–Crippen MR) is 127 cm³/mol. The van der Waals surface area contributed by atoms with Crippen molar-refractivity contribution >= 4 is 29.9 Å². The minimum atomic E-state index is 0. The average molecular weight is 507 g/mol. The van der Waals surface area contributed by atoms with E-state index in [-0.39, 0.29) is 30.1 Å². The molecule has 2 fully saturated rings. The molecule has 0 bridgehead atoms. The van der Waals surface area contributed by atoms with Crippen molar-refractivity contribution in [3.63, 3.8) is 0 Å². The maximum absolute atomic E-state index is 6.10. The monoisotopic (exact) mass is 507 g/mol. The van der Waals surface area contributed by atoms with Gasteiger partial charge < -0.3 is 15.0 Å². The highest BCUT2D eigenvalue weighted by molar-refractivity contribution is 14.0. The van der Waals surface area contributed by atoms with Gasteiger partial charge in [0.2, 0.25) is 0 Å². The normalized spacial score (nSPS) is 22.1. The molecule has 0 amide bonds. The molecule has 0 spiro atoms. The van der Waals surface area contributed by atoms with E-state index in [9.17, 15) is 0 Å². The first-order chi connectivity index (χ1) is 13.7. The summed E-state index contributed by atoms with van der Waals surface area (Å²) in [5, 5.41) is 3.48. The van der Waals surface area contributed by atoms with Gasteiger partial charge in [0.25, 0.3) is 0 Å². The van der Waals surface area contributed by atoms with E-state index < -0.39 is 0 Å². The van der Waals surface area contributed by atoms with Gasteiger partial charge in [-0.3, -0.25) is 14.9 Å². The lowest BCUT2D eigenvalue weighted by Crippen LogP contribution is -2.50. The summed E-state index contributed by atoms with van der Waals surface area (Å²) in [5.74, 6) is 0.919. The lowest BCUT2D eigenvalue weighted by atomic mass is 10.1. The second-order valence-electron chi connectivity index (χ2n) is 7.51. The van der Waals surface area contributed by atoms with Gasteiger partial charge in [0, 0.05) is 39.4 Å². The van der Waals surface area contributed by atoms with Crippen LogP contribution in [0.4, 0.5) is 0 Å². The molecule has 29 heavy (non-hydrogen) atoms. The van der Waals surface area contributed by atoms with Gasteiger partial charge in [-0.2, -0.15) is 0 Å². The minimum absolute atomic E-state index is 0. The Morgan fingerprint density at radius 3 is 2.79 bits per heavy atom. The first-order valence-corrected chi connectivity index (χ1v) is 10.0. The van der Waals surface area contributed by atoms with E-state index in [1.165, 1.54) is 11.1 Å². The van der Waals surface area contributed by atoms with Crippen molar-refractivity contribution in [1.82, 2.24) is 20.1 Å². The second kappa shape index (κ2) is 10.4. The third kappa shape index (κ3) is 5.26. The highest BCUT2D eigenvalue weighted by Gasteiger charge is 2.41. The van der Waals surface area contributed by atoms with E-state index in [4.69, 9.17) is 4.74 Å². The molecular formula is C22H30IN5O. The molecule has 2 unspecified atom stereocenters. The predicted octanol–water partition coefficient (Wildman–Crippen LogP) is 2.67. The number of likely N-dealkylation sites (tertiary alicyclic amines) is 1. The number of benzene rings is 1. The molecule has 0 saturated carbocycles. The quantitative estimate of drug-likeness (QED) is 0.392. The molecule has 2 atom stereocenters. The number of aryl methyl sites for hydroxylation is 1. The van der Waals surface area contributed by atoms with Crippen LogP contribution < -0.4 is 5.32 Å². The topological polar surface area (TPSA) is 53.0 Å². The average Bonchev–Trinajstić information content (AvgIpc) is 3.16. The molecule has 6 nitrogen and oxygen atoms in total. The number of aromatic nitrogens is 1. The van der Waals surface area contributed by atoms with Crippen molar-refractivity contribution < 1.29 is 4.74 Å². The third-order valence-electron chi connectivity index (χ3n) is 5.69. The fraction of sp³-hybridized carbons (Fsp3) is 0.455. The highest BCUT2D eigenvalue weighted by atomic mass is 127. The van der Waals surface area contributed by atoms with Crippen LogP contribution in [0.15, 0.2) is 53.7 Å². The van der Waals surface area contributed by atoms with Crippen LogP contribution in [0.2, 0.25) is 0 Å². The van der Waals surface area contributed by atoms with Gasteiger partial charge in [-0.25, -0.2) is 0 Å². The van der Waals surface area contributed by atoms with Gasteiger partial charge in [0.05, 0.1) is 31.0 Å². The molecule has 2 aromatic rings. The molecule has 0 aliphatic carbocycles. The van der Waals surface area contributed by atoms with E-state index >= 15 is 0 Å². The van der Waals surface area contributed by atoms with Crippen LogP contribution in [0.25, 0.3) is 0 Å². The number of hydrogen-bond acceptors (Lipinski definition) is 4. The molecule has 2 aliphatic heterocycles. The van der Waals surface area contributed by atoms with Crippen molar-refractivity contribution in [3.05, 3.63) is 65.5 Å². The molecule has 4 rings (SSSR count). The van der Waals surface area contributed by atoms with E-state index in [1.54, 1.807) is 0 Å². The summed E-state index contributed by atoms with van der Waals surface area (Å²) in [6.07, 6.45) is 2.07. The molecule has 1 N–H and O–H groups in total. The van der Waals surface area contributed by atoms with Crippen LogP contribution in [-0.4, -0.2) is 66.2 Å². The summed E-state index contributed by atoms with van der Waals surface area (Å²) in [4.78, 5) is 13.9. The third-order valence-corrected chi connectivity index (χ3v) is 5.69. The van der Waals surface area contributed by atoms with Crippen molar-refractivity contribution in [3.8, 4) is 0 Å². The Morgan fingerprint density at radius 2 is 2.03 bits per heavy atom. The van der Waals surface area contributed by atoms with Crippen molar-refractivity contribution in [2.75, 3.05) is 33.3 Å². The van der Waals surface area contributed by atoms with Crippen LogP contribution in [-0.2, 0) is 17.8 Å². The number of rotatable bonds is 4. The van der Waals surface area contributed by atoms with E-state index in [0.717, 1.165) is 44.4 Å². The number of halogens is 1. The lowest BCUT2D eigenvalue weighted by Gasteiger charge is -2.36. The van der Waals surface area contributed by atoms with Crippen LogP contribution in [0.3, 0.4) is 0 Å². The van der Waals surface area contributed by atoms with Gasteiger partial charge in [-0.1, -0.05) is 36.4 Å². The molecule has 1 aromatic heterocycles. The summed E-state index contributed by atoms with van der Waals surface area (Å²) in [6, 6.07) is 15.1. The molecule has 2 aliphatic rings. The molecule has 156 valence electrons. The number of fused-ring (bicyclic) bond motifs is 1. The zero-order chi connectivity index (χ0) is 19.3. The Bertz CT molecular complexity index is 816. The number of morpholine rings is 1. The van der Waals surface area contributed by atoms with Crippen LogP contribution in [0.1, 0.15) is 16.8 Å². The second-order valence-corrected chi connectivity index (χ2v) is 7.51. The summed E-state index contributed by atoms with van der Waals surface area (Å²) in [5.41, 5.74) is 3.61. The number of nitrogens with zero attached hydrogens (tertiary/aromatic N) is 4. The van der Waals surface area contributed by atoms with Crippen LogP contribution in [0, 0.1) is 6.92 Å². The zero-order valence-corrected chi connectivity index (χ0v) is 19.5. The van der Waals surface area contributed by atoms with Crippen LogP contribution in [0.5, 0.6) is 0 Å². The summed E-state index contributed by atoms with van der Waals surface area (Å²) < 4.78 is 6.10. The molecule has 1 aromatic carbocycles. The standard InChI is InChI=1S/C22H29N5O.HI/c1-17-7-6-10-24-19(17)13-25-22(23-2)27-15-20-21(16-27)28-12-11-26(20)14-18-8-4-3-5-9-18;/h3-10,20-21H,11-16H2,1-2H3,(H,23,25);1H.